The van der Waals surface area contributed by atoms with Gasteiger partial charge in [-0.1, -0.05) is 0 Å². The molecule has 0 aliphatic rings. The van der Waals surface area contributed by atoms with Crippen LogP contribution in [-0.4, -0.2) is 31.3 Å². The van der Waals surface area contributed by atoms with Crippen LogP contribution in [0, 0.1) is 0 Å². The number of methoxy groups -OCH3 is 1. The highest BCUT2D eigenvalue weighted by molar-refractivity contribution is 5.90. The Labute approximate surface area is 101 Å². The number of alkyl halides is 3. The maximum Gasteiger partial charge on any atom is 0.417 e. The minimum Gasteiger partial charge on any atom is -0.478 e. The number of carboxylic acid groups (broad SMARTS) is 1. The van der Waals surface area contributed by atoms with E-state index in [-0.39, 0.29) is 5.69 Å². The predicted molar refractivity (Wildman–Crippen MR) is 58.8 cm³/mol. The summed E-state index contributed by atoms with van der Waals surface area (Å²) >= 11 is 0. The van der Waals surface area contributed by atoms with Crippen molar-refractivity contribution < 1.29 is 27.8 Å². The molecule has 0 atom stereocenters. The van der Waals surface area contributed by atoms with Crippen molar-refractivity contribution >= 4 is 11.7 Å². The number of nitrogens with one attached hydrogen (secondary N) is 1. The Morgan fingerprint density at radius 1 is 1.44 bits per heavy atom. The number of rotatable bonds is 5. The van der Waals surface area contributed by atoms with Gasteiger partial charge in [-0.25, -0.2) is 4.79 Å². The number of halogens is 3. The largest absolute Gasteiger partial charge is 0.478 e. The number of carboxylic acids is 1. The van der Waals surface area contributed by atoms with Crippen LogP contribution >= 0.6 is 0 Å². The number of ether oxygens (including phenoxy) is 1. The van der Waals surface area contributed by atoms with Crippen molar-refractivity contribution in [2.45, 2.75) is 6.18 Å². The van der Waals surface area contributed by atoms with E-state index >= 15 is 0 Å². The second-order valence-corrected chi connectivity index (χ2v) is 3.48. The molecule has 18 heavy (non-hydrogen) atoms. The Bertz CT molecular complexity index is 432. The monoisotopic (exact) mass is 263 g/mol. The zero-order valence-electron chi connectivity index (χ0n) is 9.54. The molecule has 0 fully saturated rings. The van der Waals surface area contributed by atoms with E-state index < -0.39 is 23.3 Å². The van der Waals surface area contributed by atoms with E-state index in [4.69, 9.17) is 9.84 Å². The molecule has 1 aromatic rings. The average Bonchev–Trinajstić information content (AvgIpc) is 2.28. The number of benzene rings is 1. The van der Waals surface area contributed by atoms with E-state index in [0.717, 1.165) is 12.1 Å². The predicted octanol–water partition coefficient (Wildman–Crippen LogP) is 2.46. The van der Waals surface area contributed by atoms with Crippen molar-refractivity contribution in [1.29, 1.82) is 0 Å². The summed E-state index contributed by atoms with van der Waals surface area (Å²) < 4.78 is 42.7. The van der Waals surface area contributed by atoms with Crippen LogP contribution in [-0.2, 0) is 10.9 Å². The quantitative estimate of drug-likeness (QED) is 0.801. The van der Waals surface area contributed by atoms with Gasteiger partial charge in [0, 0.05) is 19.3 Å². The Morgan fingerprint density at radius 2 is 2.11 bits per heavy atom. The van der Waals surface area contributed by atoms with Crippen molar-refractivity contribution in [2.24, 2.45) is 0 Å². The molecule has 0 amide bonds. The highest BCUT2D eigenvalue weighted by atomic mass is 19.4. The second-order valence-electron chi connectivity index (χ2n) is 3.48. The highest BCUT2D eigenvalue weighted by Crippen LogP contribution is 2.33. The fraction of sp³-hybridized carbons (Fsp3) is 0.364. The molecule has 1 aromatic carbocycles. The SMILES string of the molecule is COCCNc1ccc(C(=O)O)c(C(F)(F)F)c1. The van der Waals surface area contributed by atoms with E-state index in [1.807, 2.05) is 0 Å². The van der Waals surface area contributed by atoms with Gasteiger partial charge in [-0.2, -0.15) is 13.2 Å². The van der Waals surface area contributed by atoms with Crippen LogP contribution in [0.2, 0.25) is 0 Å². The highest BCUT2D eigenvalue weighted by Gasteiger charge is 2.35. The number of aromatic carboxylic acids is 1. The van der Waals surface area contributed by atoms with Gasteiger partial charge in [0.05, 0.1) is 17.7 Å². The van der Waals surface area contributed by atoms with E-state index in [0.29, 0.717) is 13.2 Å². The van der Waals surface area contributed by atoms with Crippen molar-refractivity contribution in [3.05, 3.63) is 29.3 Å². The zero-order chi connectivity index (χ0) is 13.8. The normalized spacial score (nSPS) is 11.3. The first-order valence-electron chi connectivity index (χ1n) is 5.03. The summed E-state index contributed by atoms with van der Waals surface area (Å²) in [6.45, 7) is 0.669. The van der Waals surface area contributed by atoms with Gasteiger partial charge in [-0.05, 0) is 18.2 Å². The summed E-state index contributed by atoms with van der Waals surface area (Å²) in [6.07, 6.45) is -4.70. The minimum absolute atomic E-state index is 0.198. The number of carbonyl (C=O) groups is 1. The fourth-order valence-corrected chi connectivity index (χ4v) is 1.37. The molecule has 0 aromatic heterocycles. The summed E-state index contributed by atoms with van der Waals surface area (Å²) in [5.41, 5.74) is -1.73. The lowest BCUT2D eigenvalue weighted by atomic mass is 10.1. The van der Waals surface area contributed by atoms with Crippen LogP contribution < -0.4 is 5.32 Å². The topological polar surface area (TPSA) is 58.6 Å². The lowest BCUT2D eigenvalue weighted by Crippen LogP contribution is -2.14. The van der Waals surface area contributed by atoms with Gasteiger partial charge < -0.3 is 15.2 Å². The van der Waals surface area contributed by atoms with Crippen LogP contribution in [0.5, 0.6) is 0 Å². The average molecular weight is 263 g/mol. The summed E-state index contributed by atoms with van der Waals surface area (Å²) in [7, 11) is 1.47. The van der Waals surface area contributed by atoms with Crippen LogP contribution in [0.25, 0.3) is 0 Å². The van der Waals surface area contributed by atoms with Crippen LogP contribution in [0.15, 0.2) is 18.2 Å². The van der Waals surface area contributed by atoms with Gasteiger partial charge in [0.25, 0.3) is 0 Å². The molecule has 100 valence electrons. The molecule has 0 bridgehead atoms. The van der Waals surface area contributed by atoms with Crippen molar-refractivity contribution in [2.75, 3.05) is 25.6 Å². The molecule has 0 aliphatic carbocycles. The van der Waals surface area contributed by atoms with E-state index in [1.165, 1.54) is 13.2 Å². The first-order chi connectivity index (χ1) is 8.36. The zero-order valence-corrected chi connectivity index (χ0v) is 9.54. The molecule has 0 saturated heterocycles. The first-order valence-corrected chi connectivity index (χ1v) is 5.03. The molecule has 0 radical (unpaired) electrons. The summed E-state index contributed by atoms with van der Waals surface area (Å²) in [5.74, 6) is -1.61. The molecular formula is C11H12F3NO3. The third-order valence-electron chi connectivity index (χ3n) is 2.19. The minimum atomic E-state index is -4.70. The lowest BCUT2D eigenvalue weighted by Gasteiger charge is -2.13. The van der Waals surface area contributed by atoms with Gasteiger partial charge in [-0.3, -0.25) is 0 Å². The first kappa shape index (κ1) is 14.3. The number of anilines is 1. The maximum absolute atomic E-state index is 12.7. The van der Waals surface area contributed by atoms with E-state index in [9.17, 15) is 18.0 Å². The summed E-state index contributed by atoms with van der Waals surface area (Å²) in [4.78, 5) is 10.7. The smallest absolute Gasteiger partial charge is 0.417 e. The second kappa shape index (κ2) is 5.72. The standard InChI is InChI=1S/C11H12F3NO3/c1-18-5-4-15-7-2-3-8(10(16)17)9(6-7)11(12,13)14/h2-3,6,15H,4-5H2,1H3,(H,16,17). The molecule has 0 saturated carbocycles. The third kappa shape index (κ3) is 3.63. The lowest BCUT2D eigenvalue weighted by molar-refractivity contribution is -0.138. The fourth-order valence-electron chi connectivity index (χ4n) is 1.37. The number of hydrogen-bond donors (Lipinski definition) is 2. The van der Waals surface area contributed by atoms with Crippen molar-refractivity contribution in [3.63, 3.8) is 0 Å². The summed E-state index contributed by atoms with van der Waals surface area (Å²) in [6, 6.07) is 2.99. The van der Waals surface area contributed by atoms with Crippen LogP contribution in [0.1, 0.15) is 15.9 Å². The molecule has 0 unspecified atom stereocenters. The Morgan fingerprint density at radius 3 is 2.61 bits per heavy atom. The third-order valence-corrected chi connectivity index (χ3v) is 2.19. The Balaban J connectivity index is 3.02. The van der Waals surface area contributed by atoms with E-state index in [2.05, 4.69) is 5.32 Å². The van der Waals surface area contributed by atoms with Gasteiger partial charge >= 0.3 is 12.1 Å². The van der Waals surface area contributed by atoms with Gasteiger partial charge in [-0.15, -0.1) is 0 Å². The molecule has 0 spiro atoms. The maximum atomic E-state index is 12.7. The van der Waals surface area contributed by atoms with Crippen molar-refractivity contribution in [1.82, 2.24) is 0 Å². The van der Waals surface area contributed by atoms with E-state index in [1.54, 1.807) is 0 Å². The molecule has 7 heteroatoms. The van der Waals surface area contributed by atoms with Crippen molar-refractivity contribution in [3.8, 4) is 0 Å². The number of hydrogen-bond acceptors (Lipinski definition) is 3. The van der Waals surface area contributed by atoms with Crippen LogP contribution in [0.4, 0.5) is 18.9 Å². The van der Waals surface area contributed by atoms with Gasteiger partial charge in [0.1, 0.15) is 0 Å². The Hall–Kier alpha value is -1.76. The molecule has 0 heterocycles. The molecule has 2 N–H and O–H groups in total. The molecular weight excluding hydrogens is 251 g/mol. The Kier molecular flexibility index (Phi) is 4.55. The molecule has 0 aliphatic heterocycles. The van der Waals surface area contributed by atoms with Gasteiger partial charge in [0.2, 0.25) is 0 Å². The van der Waals surface area contributed by atoms with Crippen LogP contribution in [0.3, 0.4) is 0 Å². The molecule has 4 nitrogen and oxygen atoms in total. The molecule has 1 rings (SSSR count). The van der Waals surface area contributed by atoms with Gasteiger partial charge in [0.15, 0.2) is 0 Å². The summed E-state index contributed by atoms with van der Waals surface area (Å²) in [5, 5.41) is 11.4.